The van der Waals surface area contributed by atoms with Crippen molar-refractivity contribution in [3.8, 4) is 0 Å². The number of fused-ring (bicyclic) bond motifs is 1. The SMILES string of the molecule is NC(Cn1c2c(ccc1=O)CCC2)c1cc(F)ccc1F. The molecule has 110 valence electrons. The molecule has 0 fully saturated rings. The van der Waals surface area contributed by atoms with Crippen molar-refractivity contribution < 1.29 is 8.78 Å². The van der Waals surface area contributed by atoms with Crippen molar-refractivity contribution in [2.45, 2.75) is 31.8 Å². The third kappa shape index (κ3) is 2.61. The van der Waals surface area contributed by atoms with E-state index in [1.54, 1.807) is 4.57 Å². The molecule has 3 rings (SSSR count). The maximum Gasteiger partial charge on any atom is 0.250 e. The van der Waals surface area contributed by atoms with Crippen LogP contribution in [0.3, 0.4) is 0 Å². The number of hydrogen-bond acceptors (Lipinski definition) is 2. The summed E-state index contributed by atoms with van der Waals surface area (Å²) < 4.78 is 28.6. The van der Waals surface area contributed by atoms with E-state index in [-0.39, 0.29) is 17.7 Å². The van der Waals surface area contributed by atoms with Crippen LogP contribution in [0, 0.1) is 11.6 Å². The summed E-state index contributed by atoms with van der Waals surface area (Å²) in [6.45, 7) is 0.155. The Balaban J connectivity index is 1.96. The standard InChI is InChI=1S/C16H16F2N2O/c17-11-5-6-13(18)12(8-11)14(19)9-20-15-3-1-2-10(15)4-7-16(20)21/h4-8,14H,1-3,9,19H2. The van der Waals surface area contributed by atoms with Crippen LogP contribution < -0.4 is 11.3 Å². The van der Waals surface area contributed by atoms with Crippen LogP contribution in [0.5, 0.6) is 0 Å². The Morgan fingerprint density at radius 3 is 2.81 bits per heavy atom. The number of pyridine rings is 1. The van der Waals surface area contributed by atoms with Crippen LogP contribution in [0.25, 0.3) is 0 Å². The van der Waals surface area contributed by atoms with Gasteiger partial charge in [0.05, 0.1) is 6.04 Å². The van der Waals surface area contributed by atoms with Crippen LogP contribution in [0.4, 0.5) is 8.78 Å². The number of rotatable bonds is 3. The second kappa shape index (κ2) is 5.41. The molecule has 0 spiro atoms. The summed E-state index contributed by atoms with van der Waals surface area (Å²) in [5.41, 5.74) is 8.05. The van der Waals surface area contributed by atoms with Crippen LogP contribution in [0.2, 0.25) is 0 Å². The molecule has 0 saturated heterocycles. The third-order valence-corrected chi connectivity index (χ3v) is 3.99. The Morgan fingerprint density at radius 1 is 1.19 bits per heavy atom. The van der Waals surface area contributed by atoms with Gasteiger partial charge in [-0.1, -0.05) is 6.07 Å². The van der Waals surface area contributed by atoms with Gasteiger partial charge in [0.25, 0.3) is 5.56 Å². The Kier molecular flexibility index (Phi) is 3.59. The molecule has 1 aliphatic rings. The molecule has 3 nitrogen and oxygen atoms in total. The molecule has 1 aromatic carbocycles. The number of halogens is 2. The van der Waals surface area contributed by atoms with Gasteiger partial charge >= 0.3 is 0 Å². The highest BCUT2D eigenvalue weighted by Crippen LogP contribution is 2.23. The summed E-state index contributed by atoms with van der Waals surface area (Å²) in [6.07, 6.45) is 2.77. The second-order valence-corrected chi connectivity index (χ2v) is 5.38. The molecule has 0 bridgehead atoms. The molecule has 0 radical (unpaired) electrons. The smallest absolute Gasteiger partial charge is 0.250 e. The van der Waals surface area contributed by atoms with E-state index in [2.05, 4.69) is 0 Å². The van der Waals surface area contributed by atoms with Gasteiger partial charge in [-0.05, 0) is 43.0 Å². The van der Waals surface area contributed by atoms with Crippen molar-refractivity contribution >= 4 is 0 Å². The van der Waals surface area contributed by atoms with Gasteiger partial charge in [-0.2, -0.15) is 0 Å². The largest absolute Gasteiger partial charge is 0.322 e. The molecular weight excluding hydrogens is 274 g/mol. The van der Waals surface area contributed by atoms with E-state index in [9.17, 15) is 13.6 Å². The van der Waals surface area contributed by atoms with Crippen molar-refractivity contribution in [2.24, 2.45) is 5.73 Å². The van der Waals surface area contributed by atoms with Gasteiger partial charge in [0.2, 0.25) is 0 Å². The van der Waals surface area contributed by atoms with E-state index in [0.29, 0.717) is 0 Å². The summed E-state index contributed by atoms with van der Waals surface area (Å²) in [5.74, 6) is -1.09. The van der Waals surface area contributed by atoms with Crippen molar-refractivity contribution in [2.75, 3.05) is 0 Å². The van der Waals surface area contributed by atoms with Crippen LogP contribution in [-0.4, -0.2) is 4.57 Å². The van der Waals surface area contributed by atoms with Gasteiger partial charge < -0.3 is 10.3 Å². The predicted octanol–water partition coefficient (Wildman–Crippen LogP) is 2.32. The molecule has 1 atom stereocenters. The highest BCUT2D eigenvalue weighted by Gasteiger charge is 2.19. The molecule has 2 aromatic rings. The van der Waals surface area contributed by atoms with Gasteiger partial charge in [-0.15, -0.1) is 0 Å². The zero-order valence-corrected chi connectivity index (χ0v) is 11.5. The van der Waals surface area contributed by atoms with Gasteiger partial charge in [-0.3, -0.25) is 4.79 Å². The maximum absolute atomic E-state index is 13.8. The Hall–Kier alpha value is -2.01. The summed E-state index contributed by atoms with van der Waals surface area (Å²) in [6, 6.07) is 5.80. The number of benzene rings is 1. The highest BCUT2D eigenvalue weighted by atomic mass is 19.1. The summed E-state index contributed by atoms with van der Waals surface area (Å²) in [5, 5.41) is 0. The molecule has 1 aromatic heterocycles. The van der Waals surface area contributed by atoms with E-state index in [1.165, 1.54) is 6.07 Å². The fraction of sp³-hybridized carbons (Fsp3) is 0.312. The number of aromatic nitrogens is 1. The molecule has 0 saturated carbocycles. The summed E-state index contributed by atoms with van der Waals surface area (Å²) in [4.78, 5) is 12.0. The molecule has 5 heteroatoms. The molecule has 2 N–H and O–H groups in total. The van der Waals surface area contributed by atoms with E-state index >= 15 is 0 Å². The number of hydrogen-bond donors (Lipinski definition) is 1. The van der Waals surface area contributed by atoms with Gasteiger partial charge in [-0.25, -0.2) is 8.78 Å². The minimum atomic E-state index is -0.759. The number of nitrogens with two attached hydrogens (primary N) is 1. The third-order valence-electron chi connectivity index (χ3n) is 3.99. The topological polar surface area (TPSA) is 48.0 Å². The Bertz CT molecular complexity index is 740. The van der Waals surface area contributed by atoms with Crippen LogP contribution in [0.15, 0.2) is 35.1 Å². The van der Waals surface area contributed by atoms with E-state index < -0.39 is 17.7 Å². The van der Waals surface area contributed by atoms with Crippen LogP contribution >= 0.6 is 0 Å². The fourth-order valence-electron chi connectivity index (χ4n) is 2.93. The van der Waals surface area contributed by atoms with Gasteiger partial charge in [0.15, 0.2) is 0 Å². The lowest BCUT2D eigenvalue weighted by molar-refractivity contribution is 0.506. The number of nitrogens with zero attached hydrogens (tertiary/aromatic N) is 1. The summed E-state index contributed by atoms with van der Waals surface area (Å²) >= 11 is 0. The van der Waals surface area contributed by atoms with E-state index in [4.69, 9.17) is 5.73 Å². The minimum absolute atomic E-state index is 0.0949. The van der Waals surface area contributed by atoms with Crippen LogP contribution in [0.1, 0.15) is 29.3 Å². The first-order valence-electron chi connectivity index (χ1n) is 6.98. The van der Waals surface area contributed by atoms with Crippen molar-refractivity contribution in [3.63, 3.8) is 0 Å². The monoisotopic (exact) mass is 290 g/mol. The molecular formula is C16H16F2N2O. The lowest BCUT2D eigenvalue weighted by Gasteiger charge is -2.18. The minimum Gasteiger partial charge on any atom is -0.322 e. The van der Waals surface area contributed by atoms with Crippen molar-refractivity contribution in [1.29, 1.82) is 0 Å². The first-order valence-corrected chi connectivity index (χ1v) is 6.98. The van der Waals surface area contributed by atoms with Crippen molar-refractivity contribution in [3.05, 3.63) is 69.1 Å². The molecule has 21 heavy (non-hydrogen) atoms. The molecule has 1 unspecified atom stereocenters. The maximum atomic E-state index is 13.8. The quantitative estimate of drug-likeness (QED) is 0.943. The highest BCUT2D eigenvalue weighted by molar-refractivity contribution is 5.27. The fourth-order valence-corrected chi connectivity index (χ4v) is 2.93. The van der Waals surface area contributed by atoms with Gasteiger partial charge in [0, 0.05) is 23.9 Å². The van der Waals surface area contributed by atoms with Crippen molar-refractivity contribution in [1.82, 2.24) is 4.57 Å². The molecule has 1 aliphatic carbocycles. The van der Waals surface area contributed by atoms with Gasteiger partial charge in [0.1, 0.15) is 11.6 Å². The van der Waals surface area contributed by atoms with Crippen LogP contribution in [-0.2, 0) is 19.4 Å². The predicted molar refractivity (Wildman–Crippen MR) is 76.0 cm³/mol. The average Bonchev–Trinajstić information content (AvgIpc) is 2.93. The molecule has 0 aliphatic heterocycles. The van der Waals surface area contributed by atoms with E-state index in [1.807, 2.05) is 6.07 Å². The number of aryl methyl sites for hydroxylation is 1. The normalized spacial score (nSPS) is 15.0. The lowest BCUT2D eigenvalue weighted by atomic mass is 10.1. The average molecular weight is 290 g/mol. The summed E-state index contributed by atoms with van der Waals surface area (Å²) in [7, 11) is 0. The Labute approximate surface area is 121 Å². The molecule has 0 amide bonds. The zero-order chi connectivity index (χ0) is 15.0. The Morgan fingerprint density at radius 2 is 2.00 bits per heavy atom. The molecule has 1 heterocycles. The zero-order valence-electron chi connectivity index (χ0n) is 11.5. The van der Waals surface area contributed by atoms with E-state index in [0.717, 1.165) is 48.7 Å². The lowest BCUT2D eigenvalue weighted by Crippen LogP contribution is -2.29. The first kappa shape index (κ1) is 13.9. The second-order valence-electron chi connectivity index (χ2n) is 5.38. The first-order chi connectivity index (χ1) is 10.1.